The lowest BCUT2D eigenvalue weighted by Crippen LogP contribution is -2.43. The quantitative estimate of drug-likeness (QED) is 0.296. The Labute approximate surface area is 214 Å². The van der Waals surface area contributed by atoms with E-state index < -0.39 is 36.2 Å². The Morgan fingerprint density at radius 2 is 1.44 bits per heavy atom. The topological polar surface area (TPSA) is 12.5 Å². The van der Waals surface area contributed by atoms with Crippen LogP contribution in [0.1, 0.15) is 34.6 Å². The highest BCUT2D eigenvalue weighted by atomic mass is 35.5. The zero-order valence-corrected chi connectivity index (χ0v) is 20.2. The number of para-hydroxylation sites is 1. The van der Waals surface area contributed by atoms with Gasteiger partial charge in [0.25, 0.3) is 0 Å². The highest BCUT2D eigenvalue weighted by Gasteiger charge is 2.37. The fourth-order valence-electron chi connectivity index (χ4n) is 4.37. The van der Waals surface area contributed by atoms with Gasteiger partial charge in [0.2, 0.25) is 0 Å². The summed E-state index contributed by atoms with van der Waals surface area (Å²) < 4.78 is 85.5. The number of anilines is 1. The number of hydrogen-bond acceptors (Lipinski definition) is 2. The Bertz CT molecular complexity index is 1170. The van der Waals surface area contributed by atoms with Crippen LogP contribution in [0, 0.1) is 0 Å². The highest BCUT2D eigenvalue weighted by molar-refractivity contribution is 6.42. The van der Waals surface area contributed by atoms with Gasteiger partial charge in [0, 0.05) is 24.7 Å². The standard InChI is InChI=1S/C26H21Cl2F6NO/c27-22-7-6-17(12-23(22)28)21-14-35(20-4-2-1-3-5-20)9-8-24(21)36-15-16-10-18(25(29,30)31)13-19(11-16)26(32,33)34/h1-7,10-13,21,24H,8-9,14-15H2/t21-,24-/m1/s1. The van der Waals surface area contributed by atoms with E-state index in [9.17, 15) is 26.3 Å². The van der Waals surface area contributed by atoms with Gasteiger partial charge in [-0.15, -0.1) is 0 Å². The molecule has 2 atom stereocenters. The highest BCUT2D eigenvalue weighted by Crippen LogP contribution is 2.38. The van der Waals surface area contributed by atoms with E-state index in [2.05, 4.69) is 4.90 Å². The van der Waals surface area contributed by atoms with Crippen molar-refractivity contribution in [1.82, 2.24) is 0 Å². The van der Waals surface area contributed by atoms with Crippen molar-refractivity contribution in [2.24, 2.45) is 0 Å². The molecule has 1 fully saturated rings. The van der Waals surface area contributed by atoms with E-state index in [0.29, 0.717) is 41.7 Å². The summed E-state index contributed by atoms with van der Waals surface area (Å²) in [5.41, 5.74) is -1.12. The smallest absolute Gasteiger partial charge is 0.373 e. The van der Waals surface area contributed by atoms with E-state index in [0.717, 1.165) is 11.3 Å². The van der Waals surface area contributed by atoms with Crippen LogP contribution in [0.3, 0.4) is 0 Å². The van der Waals surface area contributed by atoms with Crippen molar-refractivity contribution >= 4 is 28.9 Å². The van der Waals surface area contributed by atoms with Crippen LogP contribution in [0.25, 0.3) is 0 Å². The predicted octanol–water partition coefficient (Wildman–Crippen LogP) is 8.61. The van der Waals surface area contributed by atoms with E-state index in [1.165, 1.54) is 0 Å². The molecule has 4 rings (SSSR count). The zero-order valence-electron chi connectivity index (χ0n) is 18.7. The molecule has 1 saturated heterocycles. The van der Waals surface area contributed by atoms with Gasteiger partial charge in [-0.25, -0.2) is 0 Å². The van der Waals surface area contributed by atoms with E-state index in [4.69, 9.17) is 27.9 Å². The fourth-order valence-corrected chi connectivity index (χ4v) is 4.68. The molecular weight excluding hydrogens is 527 g/mol. The molecule has 0 spiro atoms. The first-order valence-electron chi connectivity index (χ1n) is 11.1. The molecule has 0 aliphatic carbocycles. The summed E-state index contributed by atoms with van der Waals surface area (Å²) in [7, 11) is 0. The summed E-state index contributed by atoms with van der Waals surface area (Å²) in [6.07, 6.45) is -9.80. The summed E-state index contributed by atoms with van der Waals surface area (Å²) in [5, 5.41) is 0.717. The maximum Gasteiger partial charge on any atom is 0.416 e. The summed E-state index contributed by atoms with van der Waals surface area (Å²) in [6.45, 7) is 0.715. The Balaban J connectivity index is 1.60. The molecule has 3 aromatic carbocycles. The lowest BCUT2D eigenvalue weighted by molar-refractivity contribution is -0.143. The number of alkyl halides is 6. The van der Waals surface area contributed by atoms with E-state index in [1.54, 1.807) is 18.2 Å². The molecule has 0 radical (unpaired) electrons. The van der Waals surface area contributed by atoms with Crippen molar-refractivity contribution in [3.05, 3.63) is 99.0 Å². The van der Waals surface area contributed by atoms with Crippen molar-refractivity contribution in [2.75, 3.05) is 18.0 Å². The summed E-state index contributed by atoms with van der Waals surface area (Å²) in [4.78, 5) is 2.15. The Hall–Kier alpha value is -2.42. The largest absolute Gasteiger partial charge is 0.416 e. The van der Waals surface area contributed by atoms with Gasteiger partial charge in [-0.2, -0.15) is 26.3 Å². The van der Waals surface area contributed by atoms with Crippen LogP contribution >= 0.6 is 23.2 Å². The molecular formula is C26H21Cl2F6NO. The molecule has 192 valence electrons. The second-order valence-corrected chi connectivity index (χ2v) is 9.43. The van der Waals surface area contributed by atoms with Gasteiger partial charge >= 0.3 is 12.4 Å². The van der Waals surface area contributed by atoms with Gasteiger partial charge in [-0.1, -0.05) is 47.5 Å². The molecule has 0 saturated carbocycles. The summed E-state index contributed by atoms with van der Waals surface area (Å²) >= 11 is 12.3. The second-order valence-electron chi connectivity index (χ2n) is 8.61. The van der Waals surface area contributed by atoms with Crippen molar-refractivity contribution < 1.29 is 31.1 Å². The molecule has 0 aromatic heterocycles. The normalized spacial score (nSPS) is 18.9. The molecule has 0 unspecified atom stereocenters. The average Bonchev–Trinajstić information content (AvgIpc) is 2.83. The third kappa shape index (κ3) is 6.28. The number of halogens is 8. The minimum atomic E-state index is -4.92. The maximum absolute atomic E-state index is 13.3. The lowest BCUT2D eigenvalue weighted by Gasteiger charge is -2.40. The van der Waals surface area contributed by atoms with Gasteiger partial charge in [-0.3, -0.25) is 0 Å². The van der Waals surface area contributed by atoms with Crippen LogP contribution in [-0.4, -0.2) is 19.2 Å². The van der Waals surface area contributed by atoms with E-state index in [1.807, 2.05) is 30.3 Å². The maximum atomic E-state index is 13.3. The molecule has 2 nitrogen and oxygen atoms in total. The monoisotopic (exact) mass is 547 g/mol. The van der Waals surface area contributed by atoms with E-state index >= 15 is 0 Å². The lowest BCUT2D eigenvalue weighted by atomic mass is 9.87. The van der Waals surface area contributed by atoms with Crippen LogP contribution in [0.15, 0.2) is 66.7 Å². The van der Waals surface area contributed by atoms with Crippen molar-refractivity contribution in [1.29, 1.82) is 0 Å². The van der Waals surface area contributed by atoms with Crippen molar-refractivity contribution in [2.45, 2.75) is 37.4 Å². The van der Waals surface area contributed by atoms with Crippen LogP contribution in [0.2, 0.25) is 10.0 Å². The SMILES string of the molecule is FC(F)(F)c1cc(CO[C@@H]2CCN(c3ccccc3)C[C@@H]2c2ccc(Cl)c(Cl)c2)cc(C(F)(F)F)c1. The number of nitrogens with zero attached hydrogens (tertiary/aromatic N) is 1. The summed E-state index contributed by atoms with van der Waals surface area (Å²) in [6, 6.07) is 16.3. The van der Waals surface area contributed by atoms with Gasteiger partial charge in [0.15, 0.2) is 0 Å². The van der Waals surface area contributed by atoms with Crippen molar-refractivity contribution in [3.63, 3.8) is 0 Å². The molecule has 3 aromatic rings. The Kier molecular flexibility index (Phi) is 7.78. The number of rotatable bonds is 5. The van der Waals surface area contributed by atoms with Gasteiger partial charge < -0.3 is 9.64 Å². The zero-order chi connectivity index (χ0) is 26.1. The molecule has 1 heterocycles. The first-order chi connectivity index (χ1) is 16.9. The van der Waals surface area contributed by atoms with Crippen LogP contribution in [0.4, 0.5) is 32.0 Å². The molecule has 1 aliphatic heterocycles. The van der Waals surface area contributed by atoms with Gasteiger partial charge in [-0.05, 0) is 60.0 Å². The predicted molar refractivity (Wildman–Crippen MR) is 127 cm³/mol. The Morgan fingerprint density at radius 3 is 2.03 bits per heavy atom. The molecule has 0 bridgehead atoms. The third-order valence-electron chi connectivity index (χ3n) is 6.15. The number of piperidine rings is 1. The molecule has 0 amide bonds. The molecule has 0 N–H and O–H groups in total. The van der Waals surface area contributed by atoms with Crippen LogP contribution < -0.4 is 4.90 Å². The first kappa shape index (κ1) is 26.6. The molecule has 36 heavy (non-hydrogen) atoms. The number of benzene rings is 3. The summed E-state index contributed by atoms with van der Waals surface area (Å²) in [5.74, 6) is -0.249. The number of ether oxygens (including phenoxy) is 1. The average molecular weight is 548 g/mol. The fraction of sp³-hybridized carbons (Fsp3) is 0.308. The molecule has 1 aliphatic rings. The first-order valence-corrected chi connectivity index (χ1v) is 11.8. The third-order valence-corrected chi connectivity index (χ3v) is 6.89. The van der Waals surface area contributed by atoms with Crippen LogP contribution in [-0.2, 0) is 23.7 Å². The minimum absolute atomic E-state index is 0.111. The number of hydrogen-bond donors (Lipinski definition) is 0. The van der Waals surface area contributed by atoms with Crippen molar-refractivity contribution in [3.8, 4) is 0 Å². The second kappa shape index (κ2) is 10.5. The minimum Gasteiger partial charge on any atom is -0.373 e. The molecule has 10 heteroatoms. The van der Waals surface area contributed by atoms with Gasteiger partial charge in [0.05, 0.1) is 33.9 Å². The Morgan fingerprint density at radius 1 is 0.806 bits per heavy atom. The van der Waals surface area contributed by atoms with E-state index in [-0.39, 0.29) is 17.5 Å². The van der Waals surface area contributed by atoms with Gasteiger partial charge in [0.1, 0.15) is 0 Å². The van der Waals surface area contributed by atoms with Crippen LogP contribution in [0.5, 0.6) is 0 Å².